The van der Waals surface area contributed by atoms with Crippen LogP contribution in [-0.2, 0) is 4.79 Å². The highest BCUT2D eigenvalue weighted by molar-refractivity contribution is 8.04. The molecule has 1 saturated carbocycles. The SMILES string of the molecule is CN1C(=O)C(=Cc2ccccc2Cl)Sc2ccc(C(=O)NC3CCCCCC3)cc21. The predicted octanol–water partition coefficient (Wildman–Crippen LogP) is 5.90. The van der Waals surface area contributed by atoms with Crippen molar-refractivity contribution in [2.24, 2.45) is 0 Å². The summed E-state index contributed by atoms with van der Waals surface area (Å²) in [6, 6.07) is 13.3. The van der Waals surface area contributed by atoms with E-state index in [1.807, 2.05) is 48.5 Å². The number of carbonyl (C=O) groups is 2. The van der Waals surface area contributed by atoms with Crippen molar-refractivity contribution in [2.75, 3.05) is 11.9 Å². The molecular weight excluding hydrogens is 416 g/mol. The number of carbonyl (C=O) groups excluding carboxylic acids is 2. The van der Waals surface area contributed by atoms with Crippen LogP contribution in [0.25, 0.3) is 6.08 Å². The molecule has 2 aromatic carbocycles. The van der Waals surface area contributed by atoms with Gasteiger partial charge in [0.25, 0.3) is 11.8 Å². The second-order valence-corrected chi connectivity index (χ2v) is 9.33. The second-order valence-electron chi connectivity index (χ2n) is 7.84. The largest absolute Gasteiger partial charge is 0.349 e. The summed E-state index contributed by atoms with van der Waals surface area (Å²) in [5, 5.41) is 3.79. The van der Waals surface area contributed by atoms with Gasteiger partial charge >= 0.3 is 0 Å². The number of hydrogen-bond acceptors (Lipinski definition) is 3. The zero-order valence-corrected chi connectivity index (χ0v) is 18.6. The molecule has 1 N–H and O–H groups in total. The highest BCUT2D eigenvalue weighted by Crippen LogP contribution is 2.42. The number of anilines is 1. The van der Waals surface area contributed by atoms with Crippen molar-refractivity contribution in [2.45, 2.75) is 49.5 Å². The number of rotatable bonds is 3. The van der Waals surface area contributed by atoms with E-state index in [0.717, 1.165) is 29.0 Å². The van der Waals surface area contributed by atoms with Gasteiger partial charge in [0.15, 0.2) is 0 Å². The van der Waals surface area contributed by atoms with Crippen molar-refractivity contribution in [1.82, 2.24) is 5.32 Å². The van der Waals surface area contributed by atoms with Gasteiger partial charge in [-0.1, -0.05) is 67.2 Å². The van der Waals surface area contributed by atoms with Crippen LogP contribution in [0.2, 0.25) is 5.02 Å². The highest BCUT2D eigenvalue weighted by atomic mass is 35.5. The van der Waals surface area contributed by atoms with Crippen molar-refractivity contribution in [3.05, 3.63) is 63.5 Å². The standard InChI is InChI=1S/C24H25ClN2O2S/c1-27-20-14-17(23(28)26-18-9-4-2-3-5-10-18)12-13-21(20)30-22(24(27)29)15-16-8-6-7-11-19(16)25/h6-8,11-15,18H,2-5,9-10H2,1H3,(H,26,28). The number of hydrogen-bond donors (Lipinski definition) is 1. The van der Waals surface area contributed by atoms with Crippen molar-refractivity contribution in [3.8, 4) is 0 Å². The molecule has 0 atom stereocenters. The average Bonchev–Trinajstić information content (AvgIpc) is 3.02. The molecule has 0 aromatic heterocycles. The molecule has 2 aliphatic rings. The Morgan fingerprint density at radius 1 is 1.13 bits per heavy atom. The molecule has 30 heavy (non-hydrogen) atoms. The number of thioether (sulfide) groups is 1. The van der Waals surface area contributed by atoms with E-state index in [1.165, 1.54) is 37.4 Å². The quantitative estimate of drug-likeness (QED) is 0.477. The molecule has 1 aliphatic carbocycles. The molecule has 0 radical (unpaired) electrons. The molecule has 1 fully saturated rings. The van der Waals surface area contributed by atoms with Crippen molar-refractivity contribution in [3.63, 3.8) is 0 Å². The van der Waals surface area contributed by atoms with Gasteiger partial charge in [0.05, 0.1) is 10.6 Å². The number of halogens is 1. The number of amides is 2. The highest BCUT2D eigenvalue weighted by Gasteiger charge is 2.28. The van der Waals surface area contributed by atoms with Gasteiger partial charge in [-0.2, -0.15) is 0 Å². The number of nitrogens with zero attached hydrogens (tertiary/aromatic N) is 1. The van der Waals surface area contributed by atoms with Gasteiger partial charge in [0.2, 0.25) is 0 Å². The zero-order chi connectivity index (χ0) is 21.1. The molecule has 156 valence electrons. The third kappa shape index (κ3) is 4.57. The normalized spacial score (nSPS) is 18.8. The molecule has 2 amide bonds. The minimum Gasteiger partial charge on any atom is -0.349 e. The predicted molar refractivity (Wildman–Crippen MR) is 124 cm³/mol. The topological polar surface area (TPSA) is 49.4 Å². The second kappa shape index (κ2) is 9.27. The number of benzene rings is 2. The van der Waals surface area contributed by atoms with E-state index in [9.17, 15) is 9.59 Å². The molecule has 0 spiro atoms. The zero-order valence-electron chi connectivity index (χ0n) is 17.0. The number of likely N-dealkylation sites (N-methyl/N-ethyl adjacent to an activating group) is 1. The Labute approximate surface area is 186 Å². The first-order valence-corrected chi connectivity index (χ1v) is 11.6. The summed E-state index contributed by atoms with van der Waals surface area (Å²) in [5.41, 5.74) is 2.16. The third-order valence-corrected chi connectivity index (χ3v) is 7.12. The van der Waals surface area contributed by atoms with Crippen LogP contribution >= 0.6 is 23.4 Å². The molecule has 1 heterocycles. The Morgan fingerprint density at radius 2 is 1.87 bits per heavy atom. The van der Waals surface area contributed by atoms with Crippen LogP contribution < -0.4 is 10.2 Å². The van der Waals surface area contributed by atoms with E-state index in [4.69, 9.17) is 11.6 Å². The van der Waals surface area contributed by atoms with E-state index < -0.39 is 0 Å². The Morgan fingerprint density at radius 3 is 2.60 bits per heavy atom. The van der Waals surface area contributed by atoms with Crippen molar-refractivity contribution < 1.29 is 9.59 Å². The Balaban J connectivity index is 1.55. The van der Waals surface area contributed by atoms with E-state index in [1.54, 1.807) is 11.9 Å². The van der Waals surface area contributed by atoms with Gasteiger partial charge in [0, 0.05) is 28.6 Å². The summed E-state index contributed by atoms with van der Waals surface area (Å²) in [6.07, 6.45) is 8.75. The Bertz CT molecular complexity index is 996. The first-order chi connectivity index (χ1) is 14.5. The summed E-state index contributed by atoms with van der Waals surface area (Å²) in [4.78, 5) is 28.9. The van der Waals surface area contributed by atoms with Gasteiger partial charge in [-0.3, -0.25) is 9.59 Å². The minimum absolute atomic E-state index is 0.0621. The molecule has 1 aliphatic heterocycles. The summed E-state index contributed by atoms with van der Waals surface area (Å²) in [5.74, 6) is -0.165. The maximum Gasteiger partial charge on any atom is 0.264 e. The van der Waals surface area contributed by atoms with E-state index in [2.05, 4.69) is 5.32 Å². The maximum atomic E-state index is 12.9. The molecule has 0 unspecified atom stereocenters. The van der Waals surface area contributed by atoms with Crippen LogP contribution in [0.5, 0.6) is 0 Å². The molecule has 2 aromatic rings. The molecular formula is C24H25ClN2O2S. The Kier molecular flexibility index (Phi) is 6.49. The summed E-state index contributed by atoms with van der Waals surface area (Å²) < 4.78 is 0. The monoisotopic (exact) mass is 440 g/mol. The van der Waals surface area contributed by atoms with Gasteiger partial charge in [-0.05, 0) is 48.7 Å². The lowest BCUT2D eigenvalue weighted by Crippen LogP contribution is -2.35. The number of fused-ring (bicyclic) bond motifs is 1. The first kappa shape index (κ1) is 21.0. The van der Waals surface area contributed by atoms with E-state index in [0.29, 0.717) is 15.5 Å². The molecule has 4 rings (SSSR count). The van der Waals surface area contributed by atoms with Crippen molar-refractivity contribution >= 4 is 46.9 Å². The van der Waals surface area contributed by atoms with E-state index >= 15 is 0 Å². The van der Waals surface area contributed by atoms with Crippen molar-refractivity contribution in [1.29, 1.82) is 0 Å². The van der Waals surface area contributed by atoms with Crippen LogP contribution in [0.1, 0.15) is 54.4 Å². The summed E-state index contributed by atoms with van der Waals surface area (Å²) >= 11 is 7.66. The lowest BCUT2D eigenvalue weighted by molar-refractivity contribution is -0.114. The fourth-order valence-electron chi connectivity index (χ4n) is 3.96. The molecule has 4 nitrogen and oxygen atoms in total. The summed E-state index contributed by atoms with van der Waals surface area (Å²) in [7, 11) is 1.74. The molecule has 0 bridgehead atoms. The van der Waals surface area contributed by atoms with Gasteiger partial charge in [0.1, 0.15) is 0 Å². The lowest BCUT2D eigenvalue weighted by Gasteiger charge is -2.27. The fourth-order valence-corrected chi connectivity index (χ4v) is 5.23. The van der Waals surface area contributed by atoms with E-state index in [-0.39, 0.29) is 17.9 Å². The maximum absolute atomic E-state index is 12.9. The fraction of sp³-hybridized carbons (Fsp3) is 0.333. The smallest absolute Gasteiger partial charge is 0.264 e. The lowest BCUT2D eigenvalue weighted by atomic mass is 10.1. The van der Waals surface area contributed by atoms with Crippen LogP contribution in [0.15, 0.2) is 52.3 Å². The van der Waals surface area contributed by atoms with Gasteiger partial charge in [-0.15, -0.1) is 0 Å². The minimum atomic E-state index is -0.103. The van der Waals surface area contributed by atoms with Crippen LogP contribution in [0.3, 0.4) is 0 Å². The Hall–Kier alpha value is -2.24. The first-order valence-electron chi connectivity index (χ1n) is 10.4. The van der Waals surface area contributed by atoms with Crippen LogP contribution in [-0.4, -0.2) is 24.9 Å². The van der Waals surface area contributed by atoms with Crippen LogP contribution in [0.4, 0.5) is 5.69 Å². The molecule has 6 heteroatoms. The van der Waals surface area contributed by atoms with Gasteiger partial charge in [-0.25, -0.2) is 0 Å². The van der Waals surface area contributed by atoms with Crippen LogP contribution in [0, 0.1) is 0 Å². The summed E-state index contributed by atoms with van der Waals surface area (Å²) in [6.45, 7) is 0. The third-order valence-electron chi connectivity index (χ3n) is 5.70. The van der Waals surface area contributed by atoms with Gasteiger partial charge < -0.3 is 10.2 Å². The average molecular weight is 441 g/mol. The number of nitrogens with one attached hydrogen (secondary N) is 1. The molecule has 0 saturated heterocycles.